The number of rotatable bonds is 7. The normalized spacial score (nSPS) is 15.3. The number of hydrogen-bond donors (Lipinski definition) is 1. The van der Waals surface area contributed by atoms with Crippen molar-refractivity contribution >= 4 is 0 Å². The zero-order valence-corrected chi connectivity index (χ0v) is 10.7. The van der Waals surface area contributed by atoms with Crippen molar-refractivity contribution in [2.75, 3.05) is 13.7 Å². The Labute approximate surface area is 98.2 Å². The average Bonchev–Trinajstić information content (AvgIpc) is 2.76. The Kier molecular flexibility index (Phi) is 5.56. The number of nitrogens with one attached hydrogen (secondary N) is 1. The van der Waals surface area contributed by atoms with Crippen LogP contribution >= 0.6 is 0 Å². The molecule has 1 aromatic heterocycles. The number of methoxy groups -OCH3 is 1. The Balaban J connectivity index is 2.47. The maximum Gasteiger partial charge on any atom is 0.120 e. The standard InChI is InChI=1S/C13H23NO2/c1-10(2)12(7-9-15-4)14-11(3)13-6-5-8-16-13/h5-6,8,10-12,14H,7,9H2,1-4H3/t11-,12-/m0/s1. The van der Waals surface area contributed by atoms with Crippen LogP contribution in [0, 0.1) is 5.92 Å². The van der Waals surface area contributed by atoms with Crippen LogP contribution in [0.3, 0.4) is 0 Å². The molecule has 0 aliphatic heterocycles. The third-order valence-electron chi connectivity index (χ3n) is 2.87. The van der Waals surface area contributed by atoms with E-state index in [1.165, 1.54) is 0 Å². The topological polar surface area (TPSA) is 34.4 Å². The van der Waals surface area contributed by atoms with Gasteiger partial charge in [0.2, 0.25) is 0 Å². The van der Waals surface area contributed by atoms with E-state index in [1.54, 1.807) is 13.4 Å². The van der Waals surface area contributed by atoms with Gasteiger partial charge in [0.25, 0.3) is 0 Å². The second-order valence-electron chi connectivity index (χ2n) is 4.54. The van der Waals surface area contributed by atoms with Gasteiger partial charge in [-0.2, -0.15) is 0 Å². The first-order valence-electron chi connectivity index (χ1n) is 5.93. The van der Waals surface area contributed by atoms with Crippen LogP contribution in [0.4, 0.5) is 0 Å². The molecule has 1 N–H and O–H groups in total. The second-order valence-corrected chi connectivity index (χ2v) is 4.54. The van der Waals surface area contributed by atoms with Gasteiger partial charge in [-0.3, -0.25) is 0 Å². The van der Waals surface area contributed by atoms with Gasteiger partial charge in [-0.1, -0.05) is 13.8 Å². The van der Waals surface area contributed by atoms with E-state index in [2.05, 4.69) is 26.1 Å². The first-order valence-corrected chi connectivity index (χ1v) is 5.93. The summed E-state index contributed by atoms with van der Waals surface area (Å²) in [5.41, 5.74) is 0. The maximum atomic E-state index is 5.39. The Bertz CT molecular complexity index is 269. The van der Waals surface area contributed by atoms with Gasteiger partial charge >= 0.3 is 0 Å². The molecule has 3 heteroatoms. The third-order valence-corrected chi connectivity index (χ3v) is 2.87. The summed E-state index contributed by atoms with van der Waals surface area (Å²) in [5.74, 6) is 1.58. The summed E-state index contributed by atoms with van der Waals surface area (Å²) in [6.07, 6.45) is 2.74. The molecule has 0 amide bonds. The van der Waals surface area contributed by atoms with Gasteiger partial charge in [0.05, 0.1) is 12.3 Å². The lowest BCUT2D eigenvalue weighted by molar-refractivity contribution is 0.169. The number of hydrogen-bond acceptors (Lipinski definition) is 3. The lowest BCUT2D eigenvalue weighted by atomic mass is 10.00. The molecule has 1 heterocycles. The fourth-order valence-corrected chi connectivity index (χ4v) is 1.79. The molecule has 16 heavy (non-hydrogen) atoms. The quantitative estimate of drug-likeness (QED) is 0.774. The lowest BCUT2D eigenvalue weighted by Crippen LogP contribution is -2.36. The van der Waals surface area contributed by atoms with E-state index < -0.39 is 0 Å². The molecule has 2 atom stereocenters. The molecule has 0 aliphatic carbocycles. The van der Waals surface area contributed by atoms with E-state index >= 15 is 0 Å². The summed E-state index contributed by atoms with van der Waals surface area (Å²) < 4.78 is 10.5. The molecule has 0 fully saturated rings. The molecule has 0 saturated heterocycles. The van der Waals surface area contributed by atoms with Crippen molar-refractivity contribution < 1.29 is 9.15 Å². The first-order chi connectivity index (χ1) is 7.65. The van der Waals surface area contributed by atoms with Gasteiger partial charge < -0.3 is 14.5 Å². The molecule has 0 aliphatic rings. The Morgan fingerprint density at radius 1 is 1.38 bits per heavy atom. The van der Waals surface area contributed by atoms with Crippen molar-refractivity contribution in [1.29, 1.82) is 0 Å². The molecule has 1 aromatic rings. The lowest BCUT2D eigenvalue weighted by Gasteiger charge is -2.25. The molecule has 0 radical (unpaired) electrons. The summed E-state index contributed by atoms with van der Waals surface area (Å²) in [7, 11) is 1.74. The molecular formula is C13H23NO2. The van der Waals surface area contributed by atoms with E-state index in [1.807, 2.05) is 12.1 Å². The highest BCUT2D eigenvalue weighted by molar-refractivity contribution is 5.03. The summed E-state index contributed by atoms with van der Waals surface area (Å²) >= 11 is 0. The highest BCUT2D eigenvalue weighted by atomic mass is 16.5. The fourth-order valence-electron chi connectivity index (χ4n) is 1.79. The van der Waals surface area contributed by atoms with Crippen LogP contribution in [0.25, 0.3) is 0 Å². The Morgan fingerprint density at radius 2 is 2.12 bits per heavy atom. The minimum absolute atomic E-state index is 0.249. The average molecular weight is 225 g/mol. The molecule has 0 unspecified atom stereocenters. The van der Waals surface area contributed by atoms with Crippen LogP contribution in [0.15, 0.2) is 22.8 Å². The molecule has 0 spiro atoms. The van der Waals surface area contributed by atoms with Crippen molar-refractivity contribution in [3.63, 3.8) is 0 Å². The predicted molar refractivity (Wildman–Crippen MR) is 65.4 cm³/mol. The smallest absolute Gasteiger partial charge is 0.120 e. The minimum atomic E-state index is 0.249. The fraction of sp³-hybridized carbons (Fsp3) is 0.692. The molecule has 92 valence electrons. The molecule has 0 aromatic carbocycles. The van der Waals surface area contributed by atoms with Crippen molar-refractivity contribution in [3.05, 3.63) is 24.2 Å². The van der Waals surface area contributed by atoms with Gasteiger partial charge in [-0.25, -0.2) is 0 Å². The van der Waals surface area contributed by atoms with Gasteiger partial charge in [-0.15, -0.1) is 0 Å². The Hall–Kier alpha value is -0.800. The van der Waals surface area contributed by atoms with Crippen LogP contribution in [0.5, 0.6) is 0 Å². The van der Waals surface area contributed by atoms with Gasteiger partial charge in [0.15, 0.2) is 0 Å². The van der Waals surface area contributed by atoms with Crippen LogP contribution in [0.2, 0.25) is 0 Å². The van der Waals surface area contributed by atoms with Crippen molar-refractivity contribution in [1.82, 2.24) is 5.32 Å². The van der Waals surface area contributed by atoms with Crippen molar-refractivity contribution in [2.45, 2.75) is 39.3 Å². The summed E-state index contributed by atoms with van der Waals surface area (Å²) in [6.45, 7) is 7.37. The third kappa shape index (κ3) is 3.99. The van der Waals surface area contributed by atoms with Crippen LogP contribution in [-0.2, 0) is 4.74 Å². The summed E-state index contributed by atoms with van der Waals surface area (Å²) in [6, 6.07) is 4.64. The maximum absolute atomic E-state index is 5.39. The molecule has 1 rings (SSSR count). The van der Waals surface area contributed by atoms with Crippen molar-refractivity contribution in [3.8, 4) is 0 Å². The van der Waals surface area contributed by atoms with E-state index in [9.17, 15) is 0 Å². The molecule has 0 bridgehead atoms. The van der Waals surface area contributed by atoms with Gasteiger partial charge in [-0.05, 0) is 31.4 Å². The summed E-state index contributed by atoms with van der Waals surface area (Å²) in [5, 5.41) is 3.58. The highest BCUT2D eigenvalue weighted by Gasteiger charge is 2.17. The Morgan fingerprint density at radius 3 is 2.62 bits per heavy atom. The van der Waals surface area contributed by atoms with Crippen molar-refractivity contribution in [2.24, 2.45) is 5.92 Å². The number of ether oxygens (including phenoxy) is 1. The number of furan rings is 1. The first kappa shape index (κ1) is 13.3. The van der Waals surface area contributed by atoms with E-state index in [-0.39, 0.29) is 6.04 Å². The van der Waals surface area contributed by atoms with Crippen LogP contribution in [-0.4, -0.2) is 19.8 Å². The second kappa shape index (κ2) is 6.71. The SMILES string of the molecule is COCC[C@H](N[C@@H](C)c1ccco1)C(C)C. The van der Waals surface area contributed by atoms with E-state index in [0.717, 1.165) is 18.8 Å². The van der Waals surface area contributed by atoms with Gasteiger partial charge in [0, 0.05) is 19.8 Å². The van der Waals surface area contributed by atoms with Crippen LogP contribution < -0.4 is 5.32 Å². The molecule has 3 nitrogen and oxygen atoms in total. The highest BCUT2D eigenvalue weighted by Crippen LogP contribution is 2.16. The van der Waals surface area contributed by atoms with E-state index in [4.69, 9.17) is 9.15 Å². The monoisotopic (exact) mass is 225 g/mol. The zero-order chi connectivity index (χ0) is 12.0. The zero-order valence-electron chi connectivity index (χ0n) is 10.7. The van der Waals surface area contributed by atoms with Crippen LogP contribution in [0.1, 0.15) is 39.0 Å². The summed E-state index contributed by atoms with van der Waals surface area (Å²) in [4.78, 5) is 0. The van der Waals surface area contributed by atoms with E-state index in [0.29, 0.717) is 12.0 Å². The minimum Gasteiger partial charge on any atom is -0.468 e. The molecular weight excluding hydrogens is 202 g/mol. The largest absolute Gasteiger partial charge is 0.468 e. The molecule has 0 saturated carbocycles. The predicted octanol–water partition coefficient (Wildman–Crippen LogP) is 2.99. The van der Waals surface area contributed by atoms with Gasteiger partial charge in [0.1, 0.15) is 5.76 Å².